The zero-order valence-corrected chi connectivity index (χ0v) is 12.3. The zero-order valence-electron chi connectivity index (χ0n) is 11.5. The van der Waals surface area contributed by atoms with E-state index >= 15 is 0 Å². The number of rotatable bonds is 6. The number of hydrogen-bond donors (Lipinski definition) is 2. The van der Waals surface area contributed by atoms with E-state index in [2.05, 4.69) is 5.32 Å². The van der Waals surface area contributed by atoms with Crippen LogP contribution in [0.15, 0.2) is 29.2 Å². The van der Waals surface area contributed by atoms with Crippen LogP contribution < -0.4 is 10.0 Å². The molecule has 8 heteroatoms. The molecule has 2 rings (SSSR count). The summed E-state index contributed by atoms with van der Waals surface area (Å²) >= 11 is 0. The van der Waals surface area contributed by atoms with Crippen LogP contribution in [0.3, 0.4) is 0 Å². The highest BCUT2D eigenvalue weighted by Gasteiger charge is 2.65. The predicted molar refractivity (Wildman–Crippen MR) is 73.6 cm³/mol. The molecule has 0 aliphatic heterocycles. The summed E-state index contributed by atoms with van der Waals surface area (Å²) in [5, 5.41) is 2.91. The molecule has 1 fully saturated rings. The smallest absolute Gasteiger partial charge is 0.384 e. The normalized spacial score (nSPS) is 17.5. The molecular weight excluding hydrogens is 305 g/mol. The number of benzene rings is 1. The third kappa shape index (κ3) is 3.32. The minimum Gasteiger partial charge on any atom is -0.384 e. The minimum atomic E-state index is -4.58. The first-order valence-electron chi connectivity index (χ1n) is 6.65. The lowest BCUT2D eigenvalue weighted by molar-refractivity contribution is -0.160. The number of anilines is 1. The molecule has 0 radical (unpaired) electrons. The summed E-state index contributed by atoms with van der Waals surface area (Å²) < 4.78 is 65.1. The van der Waals surface area contributed by atoms with Gasteiger partial charge in [-0.15, -0.1) is 0 Å². The predicted octanol–water partition coefficient (Wildman–Crippen LogP) is 2.88. The number of alkyl halides is 3. The monoisotopic (exact) mass is 322 g/mol. The van der Waals surface area contributed by atoms with Crippen molar-refractivity contribution in [2.24, 2.45) is 0 Å². The van der Waals surface area contributed by atoms with Gasteiger partial charge in [-0.05, 0) is 31.4 Å². The Morgan fingerprint density at radius 1 is 1.24 bits per heavy atom. The highest BCUT2D eigenvalue weighted by atomic mass is 32.2. The number of nitrogens with one attached hydrogen (secondary N) is 2. The van der Waals surface area contributed by atoms with Crippen LogP contribution in [-0.2, 0) is 10.0 Å². The van der Waals surface area contributed by atoms with E-state index in [1.54, 1.807) is 6.07 Å². The molecule has 1 aliphatic carbocycles. The molecule has 0 unspecified atom stereocenters. The summed E-state index contributed by atoms with van der Waals surface area (Å²) in [4.78, 5) is -0.158. The molecule has 0 atom stereocenters. The Balaban J connectivity index is 2.29. The number of hydrogen-bond acceptors (Lipinski definition) is 3. The molecule has 1 aliphatic rings. The summed E-state index contributed by atoms with van der Waals surface area (Å²) in [6.45, 7) is 2.45. The van der Waals surface area contributed by atoms with Gasteiger partial charge in [-0.2, -0.15) is 17.9 Å². The summed E-state index contributed by atoms with van der Waals surface area (Å²) in [5.41, 5.74) is -1.99. The van der Waals surface area contributed by atoms with Crippen LogP contribution in [0.2, 0.25) is 0 Å². The first kappa shape index (κ1) is 16.1. The van der Waals surface area contributed by atoms with E-state index < -0.39 is 21.7 Å². The SMILES string of the molecule is CCCNc1ccccc1S(=O)(=O)NC1(C(F)(F)F)CC1. The molecule has 21 heavy (non-hydrogen) atoms. The van der Waals surface area contributed by atoms with Gasteiger partial charge in [-0.3, -0.25) is 0 Å². The maximum absolute atomic E-state index is 12.9. The van der Waals surface area contributed by atoms with Gasteiger partial charge in [0.1, 0.15) is 10.4 Å². The van der Waals surface area contributed by atoms with E-state index in [4.69, 9.17) is 0 Å². The average molecular weight is 322 g/mol. The highest BCUT2D eigenvalue weighted by molar-refractivity contribution is 7.89. The second kappa shape index (κ2) is 5.49. The van der Waals surface area contributed by atoms with Crippen molar-refractivity contribution in [1.29, 1.82) is 0 Å². The molecule has 2 N–H and O–H groups in total. The molecule has 1 aromatic rings. The third-order valence-corrected chi connectivity index (χ3v) is 4.96. The lowest BCUT2D eigenvalue weighted by atomic mass is 10.3. The van der Waals surface area contributed by atoms with Crippen LogP contribution in [-0.4, -0.2) is 26.7 Å². The topological polar surface area (TPSA) is 58.2 Å². The maximum atomic E-state index is 12.9. The van der Waals surface area contributed by atoms with E-state index in [1.165, 1.54) is 18.2 Å². The largest absolute Gasteiger partial charge is 0.407 e. The Labute approximate surface area is 121 Å². The molecule has 1 saturated carbocycles. The first-order chi connectivity index (χ1) is 9.72. The van der Waals surface area contributed by atoms with E-state index in [-0.39, 0.29) is 17.7 Å². The van der Waals surface area contributed by atoms with E-state index in [9.17, 15) is 21.6 Å². The van der Waals surface area contributed by atoms with Crippen molar-refractivity contribution in [2.45, 2.75) is 42.8 Å². The molecule has 118 valence electrons. The van der Waals surface area contributed by atoms with Crippen LogP contribution in [0.1, 0.15) is 26.2 Å². The molecular formula is C13H17F3N2O2S. The summed E-state index contributed by atoms with van der Waals surface area (Å²) in [7, 11) is -4.23. The minimum absolute atomic E-state index is 0.158. The molecule has 0 amide bonds. The molecule has 0 saturated heterocycles. The molecule has 0 heterocycles. The first-order valence-corrected chi connectivity index (χ1v) is 8.14. The van der Waals surface area contributed by atoms with E-state index in [1.807, 2.05) is 11.6 Å². The number of sulfonamides is 1. The molecule has 1 aromatic carbocycles. The third-order valence-electron chi connectivity index (χ3n) is 3.36. The zero-order chi connectivity index (χ0) is 15.7. The average Bonchev–Trinajstić information content (AvgIpc) is 3.16. The second-order valence-electron chi connectivity index (χ2n) is 5.11. The number of halogens is 3. The summed E-state index contributed by atoms with van der Waals surface area (Å²) in [6.07, 6.45) is -4.25. The van der Waals surface area contributed by atoms with Crippen molar-refractivity contribution in [3.05, 3.63) is 24.3 Å². The van der Waals surface area contributed by atoms with Gasteiger partial charge in [0.05, 0.1) is 5.69 Å². The highest BCUT2D eigenvalue weighted by Crippen LogP contribution is 2.49. The Hall–Kier alpha value is -1.28. The maximum Gasteiger partial charge on any atom is 0.407 e. The van der Waals surface area contributed by atoms with Gasteiger partial charge in [0.15, 0.2) is 0 Å². The van der Waals surface area contributed by atoms with Gasteiger partial charge < -0.3 is 5.32 Å². The Bertz CT molecular complexity index is 610. The lowest BCUT2D eigenvalue weighted by Gasteiger charge is -2.21. The molecule has 4 nitrogen and oxygen atoms in total. The standard InChI is InChI=1S/C13H17F3N2O2S/c1-2-9-17-10-5-3-4-6-11(10)21(19,20)18-12(7-8-12)13(14,15)16/h3-6,17-18H,2,7-9H2,1H3. The van der Waals surface area contributed by atoms with Crippen LogP contribution in [0.4, 0.5) is 18.9 Å². The summed E-state index contributed by atoms with van der Waals surface area (Å²) in [5.74, 6) is 0. The van der Waals surface area contributed by atoms with Crippen molar-refractivity contribution in [3.8, 4) is 0 Å². The van der Waals surface area contributed by atoms with Crippen LogP contribution in [0.25, 0.3) is 0 Å². The van der Waals surface area contributed by atoms with Gasteiger partial charge in [-0.25, -0.2) is 8.42 Å². The van der Waals surface area contributed by atoms with Crippen molar-refractivity contribution < 1.29 is 21.6 Å². The van der Waals surface area contributed by atoms with Crippen molar-refractivity contribution in [1.82, 2.24) is 4.72 Å². The fourth-order valence-corrected chi connectivity index (χ4v) is 3.62. The van der Waals surface area contributed by atoms with Gasteiger partial charge in [0.25, 0.3) is 0 Å². The van der Waals surface area contributed by atoms with Crippen molar-refractivity contribution in [3.63, 3.8) is 0 Å². The van der Waals surface area contributed by atoms with Crippen LogP contribution in [0, 0.1) is 0 Å². The Morgan fingerprint density at radius 3 is 2.38 bits per heavy atom. The Morgan fingerprint density at radius 2 is 1.86 bits per heavy atom. The van der Waals surface area contributed by atoms with Gasteiger partial charge in [0.2, 0.25) is 10.0 Å². The van der Waals surface area contributed by atoms with Crippen LogP contribution in [0.5, 0.6) is 0 Å². The summed E-state index contributed by atoms with van der Waals surface area (Å²) in [6, 6.07) is 5.96. The quantitative estimate of drug-likeness (QED) is 0.847. The van der Waals surface area contributed by atoms with E-state index in [0.29, 0.717) is 12.2 Å². The van der Waals surface area contributed by atoms with Crippen molar-refractivity contribution in [2.75, 3.05) is 11.9 Å². The molecule has 0 bridgehead atoms. The lowest BCUT2D eigenvalue weighted by Crippen LogP contribution is -2.47. The second-order valence-corrected chi connectivity index (χ2v) is 6.76. The fourth-order valence-electron chi connectivity index (χ4n) is 1.99. The Kier molecular flexibility index (Phi) is 4.21. The van der Waals surface area contributed by atoms with Gasteiger partial charge in [0, 0.05) is 6.54 Å². The fraction of sp³-hybridized carbons (Fsp3) is 0.538. The van der Waals surface area contributed by atoms with E-state index in [0.717, 1.165) is 6.42 Å². The number of para-hydroxylation sites is 1. The molecule has 0 spiro atoms. The van der Waals surface area contributed by atoms with Gasteiger partial charge >= 0.3 is 6.18 Å². The van der Waals surface area contributed by atoms with Crippen molar-refractivity contribution >= 4 is 15.7 Å². The van der Waals surface area contributed by atoms with Gasteiger partial charge in [-0.1, -0.05) is 19.1 Å². The molecule has 0 aromatic heterocycles. The van der Waals surface area contributed by atoms with Crippen LogP contribution >= 0.6 is 0 Å².